The fourth-order valence-corrected chi connectivity index (χ4v) is 3.34. The summed E-state index contributed by atoms with van der Waals surface area (Å²) in [6, 6.07) is 6.99. The van der Waals surface area contributed by atoms with E-state index in [4.69, 9.17) is 67.2 Å². The van der Waals surface area contributed by atoms with Gasteiger partial charge in [0.15, 0.2) is 10.9 Å². The highest BCUT2D eigenvalue weighted by Gasteiger charge is 2.28. The van der Waals surface area contributed by atoms with E-state index in [1.165, 1.54) is 0 Å². The SMILES string of the molecule is O=C(OCC(Cl)(Cl)Cl)n1c(Cl)c(-c2oc(CBr)nc2Cl)c2ccccc21. The number of hydrogen-bond acceptors (Lipinski definition) is 4. The van der Waals surface area contributed by atoms with Crippen molar-refractivity contribution in [2.75, 3.05) is 6.61 Å². The van der Waals surface area contributed by atoms with Crippen LogP contribution in [0.25, 0.3) is 22.2 Å². The Morgan fingerprint density at radius 2 is 1.96 bits per heavy atom. The lowest BCUT2D eigenvalue weighted by atomic mass is 10.1. The molecule has 1 aromatic carbocycles. The topological polar surface area (TPSA) is 57.3 Å². The second-order valence-corrected chi connectivity index (χ2v) is 8.84. The molecule has 0 amide bonds. The number of ether oxygens (including phenoxy) is 1. The van der Waals surface area contributed by atoms with Gasteiger partial charge in [0.1, 0.15) is 11.8 Å². The fraction of sp³-hybridized carbons (Fsp3) is 0.200. The number of para-hydroxylation sites is 1. The Balaban J connectivity index is 2.15. The Morgan fingerprint density at radius 3 is 2.58 bits per heavy atom. The monoisotopic (exact) mass is 518 g/mol. The molecule has 0 unspecified atom stereocenters. The van der Waals surface area contributed by atoms with Crippen molar-refractivity contribution in [2.24, 2.45) is 0 Å². The minimum atomic E-state index is -1.74. The predicted octanol–water partition coefficient (Wildman–Crippen LogP) is 6.85. The molecule has 0 saturated heterocycles. The lowest BCUT2D eigenvalue weighted by molar-refractivity contribution is 0.151. The zero-order valence-electron chi connectivity index (χ0n) is 12.6. The molecule has 0 aliphatic rings. The lowest BCUT2D eigenvalue weighted by Gasteiger charge is -2.12. The molecule has 2 heterocycles. The van der Waals surface area contributed by atoms with Crippen molar-refractivity contribution in [1.82, 2.24) is 9.55 Å². The van der Waals surface area contributed by atoms with Crippen LogP contribution in [0.3, 0.4) is 0 Å². The van der Waals surface area contributed by atoms with Crippen molar-refractivity contribution < 1.29 is 13.9 Å². The average Bonchev–Trinajstić information content (AvgIpc) is 3.08. The summed E-state index contributed by atoms with van der Waals surface area (Å²) in [6.45, 7) is -0.439. The van der Waals surface area contributed by atoms with Crippen LogP contribution in [0, 0.1) is 0 Å². The highest BCUT2D eigenvalue weighted by molar-refractivity contribution is 9.08. The fourth-order valence-electron chi connectivity index (χ4n) is 2.37. The highest BCUT2D eigenvalue weighted by Crippen LogP contribution is 2.41. The van der Waals surface area contributed by atoms with Gasteiger partial charge in [-0.1, -0.05) is 92.1 Å². The number of halogens is 6. The third kappa shape index (κ3) is 3.96. The Hall–Kier alpha value is -0.630. The smallest absolute Gasteiger partial charge is 0.419 e. The number of rotatable bonds is 3. The number of carbonyl (C=O) groups is 1. The van der Waals surface area contributed by atoms with Crippen molar-refractivity contribution in [3.05, 3.63) is 40.5 Å². The quantitative estimate of drug-likeness (QED) is 0.354. The van der Waals surface area contributed by atoms with Crippen LogP contribution < -0.4 is 0 Å². The first-order chi connectivity index (χ1) is 12.2. The van der Waals surface area contributed by atoms with Crippen LogP contribution in [0.2, 0.25) is 10.3 Å². The Kier molecular flexibility index (Phi) is 6.02. The van der Waals surface area contributed by atoms with E-state index in [0.717, 1.165) is 4.57 Å². The maximum absolute atomic E-state index is 12.5. The number of alkyl halides is 4. The first-order valence-corrected chi connectivity index (χ1v) is 9.98. The minimum Gasteiger partial charge on any atom is -0.444 e. The molecular formula is C15H8BrCl5N2O3. The molecule has 0 aliphatic carbocycles. The van der Waals surface area contributed by atoms with E-state index in [-0.39, 0.29) is 16.1 Å². The van der Waals surface area contributed by atoms with E-state index in [9.17, 15) is 4.79 Å². The second-order valence-electron chi connectivity index (χ2n) is 5.05. The summed E-state index contributed by atoms with van der Waals surface area (Å²) >= 11 is 32.8. The first-order valence-electron chi connectivity index (χ1n) is 6.97. The molecule has 0 fully saturated rings. The standard InChI is InChI=1S/C15H8BrCl5N2O3/c16-5-9-22-12(17)11(26-9)10-7-3-1-2-4-8(7)23(13(10)18)14(24)25-6-15(19,20)21/h1-4H,5-6H2. The lowest BCUT2D eigenvalue weighted by Crippen LogP contribution is -2.21. The largest absolute Gasteiger partial charge is 0.444 e. The van der Waals surface area contributed by atoms with Crippen molar-refractivity contribution in [1.29, 1.82) is 0 Å². The van der Waals surface area contributed by atoms with Crippen LogP contribution in [0.4, 0.5) is 4.79 Å². The summed E-state index contributed by atoms with van der Waals surface area (Å²) in [5, 5.41) is 1.16. The summed E-state index contributed by atoms with van der Waals surface area (Å²) in [5.41, 5.74) is 0.896. The third-order valence-electron chi connectivity index (χ3n) is 3.33. The van der Waals surface area contributed by atoms with E-state index in [2.05, 4.69) is 20.9 Å². The minimum absolute atomic E-state index is 0.0414. The molecule has 3 rings (SSSR count). The van der Waals surface area contributed by atoms with E-state index in [0.29, 0.717) is 27.7 Å². The molecule has 0 atom stereocenters. The molecule has 3 aromatic rings. The van der Waals surface area contributed by atoms with Crippen molar-refractivity contribution >= 4 is 90.9 Å². The second kappa shape index (κ2) is 7.78. The van der Waals surface area contributed by atoms with E-state index in [1.54, 1.807) is 24.3 Å². The molecule has 138 valence electrons. The molecule has 11 heteroatoms. The van der Waals surface area contributed by atoms with Gasteiger partial charge in [0.25, 0.3) is 0 Å². The summed E-state index contributed by atoms with van der Waals surface area (Å²) in [4.78, 5) is 16.6. The van der Waals surface area contributed by atoms with Crippen molar-refractivity contribution in [3.8, 4) is 11.3 Å². The van der Waals surface area contributed by atoms with E-state index >= 15 is 0 Å². The van der Waals surface area contributed by atoms with Crippen LogP contribution in [-0.2, 0) is 10.1 Å². The zero-order valence-corrected chi connectivity index (χ0v) is 18.0. The van der Waals surface area contributed by atoms with Gasteiger partial charge in [-0.15, -0.1) is 0 Å². The Bertz CT molecular complexity index is 980. The van der Waals surface area contributed by atoms with Crippen molar-refractivity contribution in [2.45, 2.75) is 9.12 Å². The van der Waals surface area contributed by atoms with E-state index in [1.807, 2.05) is 0 Å². The van der Waals surface area contributed by atoms with Crippen LogP contribution in [0.1, 0.15) is 5.89 Å². The molecule has 0 aliphatic heterocycles. The Morgan fingerprint density at radius 1 is 1.27 bits per heavy atom. The third-order valence-corrected chi connectivity index (χ3v) is 4.75. The number of benzene rings is 1. The van der Waals surface area contributed by atoms with Crippen molar-refractivity contribution in [3.63, 3.8) is 0 Å². The maximum atomic E-state index is 12.5. The van der Waals surface area contributed by atoms with Gasteiger partial charge in [-0.25, -0.2) is 14.3 Å². The van der Waals surface area contributed by atoms with Gasteiger partial charge in [-0.3, -0.25) is 0 Å². The number of carbonyl (C=O) groups excluding carboxylic acids is 1. The molecule has 0 bridgehead atoms. The van der Waals surface area contributed by atoms with Crippen LogP contribution in [0.5, 0.6) is 0 Å². The van der Waals surface area contributed by atoms with Gasteiger partial charge in [-0.2, -0.15) is 0 Å². The summed E-state index contributed by atoms with van der Waals surface area (Å²) in [5.74, 6) is 0.618. The van der Waals surface area contributed by atoms with Crippen LogP contribution >= 0.6 is 73.9 Å². The molecule has 0 radical (unpaired) electrons. The molecule has 0 N–H and O–H groups in total. The summed E-state index contributed by atoms with van der Waals surface area (Å²) < 4.78 is 10.1. The predicted molar refractivity (Wildman–Crippen MR) is 107 cm³/mol. The first kappa shape index (κ1) is 20.1. The van der Waals surface area contributed by atoms with Gasteiger partial charge in [-0.05, 0) is 6.07 Å². The van der Waals surface area contributed by atoms with Gasteiger partial charge in [0.2, 0.25) is 9.68 Å². The summed E-state index contributed by atoms with van der Waals surface area (Å²) in [6.07, 6.45) is -0.805. The number of aromatic nitrogens is 2. The van der Waals surface area contributed by atoms with Crippen LogP contribution in [-0.4, -0.2) is 26.0 Å². The molecule has 5 nitrogen and oxygen atoms in total. The van der Waals surface area contributed by atoms with Gasteiger partial charge < -0.3 is 9.15 Å². The molecule has 0 saturated carbocycles. The van der Waals surface area contributed by atoms with E-state index < -0.39 is 16.5 Å². The summed E-state index contributed by atoms with van der Waals surface area (Å²) in [7, 11) is 0. The highest BCUT2D eigenvalue weighted by atomic mass is 79.9. The Labute approximate surface area is 181 Å². The number of fused-ring (bicyclic) bond motifs is 1. The number of oxazole rings is 1. The molecular weight excluding hydrogens is 513 g/mol. The van der Waals surface area contributed by atoms with Gasteiger partial charge >= 0.3 is 6.09 Å². The van der Waals surface area contributed by atoms with Crippen LogP contribution in [0.15, 0.2) is 28.7 Å². The normalized spacial score (nSPS) is 11.9. The average molecular weight is 521 g/mol. The molecule has 26 heavy (non-hydrogen) atoms. The molecule has 2 aromatic heterocycles. The zero-order chi connectivity index (χ0) is 19.1. The molecule has 0 spiro atoms. The maximum Gasteiger partial charge on any atom is 0.419 e. The number of nitrogens with zero attached hydrogens (tertiary/aromatic N) is 2. The van der Waals surface area contributed by atoms with Gasteiger partial charge in [0.05, 0.1) is 16.4 Å². The van der Waals surface area contributed by atoms with Gasteiger partial charge in [0, 0.05) is 5.39 Å². The number of hydrogen-bond donors (Lipinski definition) is 0.